The summed E-state index contributed by atoms with van der Waals surface area (Å²) in [5, 5.41) is 15.3. The Balaban J connectivity index is 1.65. The number of hydrogen-bond acceptors (Lipinski definition) is 8. The van der Waals surface area contributed by atoms with Crippen molar-refractivity contribution in [3.05, 3.63) is 150 Å². The molecule has 3 N–H and O–H groups in total. The smallest absolute Gasteiger partial charge is 0.339 e. The number of nitrogens with one attached hydrogen (secondary N) is 2. The number of methoxy groups -OCH3 is 1. The fourth-order valence-electron chi connectivity index (χ4n) is 4.95. The van der Waals surface area contributed by atoms with Crippen molar-refractivity contribution in [3.63, 3.8) is 0 Å². The summed E-state index contributed by atoms with van der Waals surface area (Å²) in [7, 11) is -3.07. The van der Waals surface area contributed by atoms with Crippen molar-refractivity contribution in [3.8, 4) is 0 Å². The molecule has 0 aliphatic carbocycles. The van der Waals surface area contributed by atoms with Gasteiger partial charge in [0, 0.05) is 18.1 Å². The lowest BCUT2D eigenvalue weighted by atomic mass is 9.82. The van der Waals surface area contributed by atoms with Gasteiger partial charge in [-0.25, -0.2) is 18.2 Å². The molecule has 0 aliphatic heterocycles. The number of nitrogens with zero attached hydrogens (tertiary/aromatic N) is 2. The van der Waals surface area contributed by atoms with Gasteiger partial charge >= 0.3 is 5.97 Å². The summed E-state index contributed by atoms with van der Waals surface area (Å²) in [5.41, 5.74) is 1.93. The van der Waals surface area contributed by atoms with E-state index in [4.69, 9.17) is 4.74 Å². The van der Waals surface area contributed by atoms with Crippen LogP contribution in [-0.2, 0) is 14.8 Å². The van der Waals surface area contributed by atoms with Crippen LogP contribution < -0.4 is 10.0 Å². The average molecular weight is 595 g/mol. The first-order chi connectivity index (χ1) is 20.9. The van der Waals surface area contributed by atoms with E-state index >= 15 is 0 Å². The van der Waals surface area contributed by atoms with Gasteiger partial charge in [-0.05, 0) is 53.6 Å². The van der Waals surface area contributed by atoms with Gasteiger partial charge in [0.1, 0.15) is 10.7 Å². The van der Waals surface area contributed by atoms with Gasteiger partial charge in [0.25, 0.3) is 10.0 Å². The average Bonchev–Trinajstić information content (AvgIpc) is 3.05. The van der Waals surface area contributed by atoms with Crippen molar-refractivity contribution < 1.29 is 23.1 Å². The lowest BCUT2D eigenvalue weighted by Gasteiger charge is -2.33. The molecule has 0 fully saturated rings. The Morgan fingerprint density at radius 1 is 0.791 bits per heavy atom. The van der Waals surface area contributed by atoms with Crippen LogP contribution in [0, 0.1) is 0 Å². The Bertz CT molecular complexity index is 1770. The second-order valence-electron chi connectivity index (χ2n) is 9.65. The number of para-hydroxylation sites is 1. The Hall–Kier alpha value is -5.06. The number of rotatable bonds is 11. The van der Waals surface area contributed by atoms with Crippen molar-refractivity contribution in [1.82, 2.24) is 9.97 Å². The number of aliphatic hydroxyl groups excluding tert-OH is 1. The van der Waals surface area contributed by atoms with Gasteiger partial charge in [-0.15, -0.1) is 0 Å². The quantitative estimate of drug-likeness (QED) is 0.165. The number of benzene rings is 3. The Morgan fingerprint density at radius 3 is 2.14 bits per heavy atom. The maximum Gasteiger partial charge on any atom is 0.339 e. The summed E-state index contributed by atoms with van der Waals surface area (Å²) in [6.07, 6.45) is 2.25. The number of carbonyl (C=O) groups is 1. The van der Waals surface area contributed by atoms with E-state index in [9.17, 15) is 18.3 Å². The van der Waals surface area contributed by atoms with E-state index in [0.717, 1.165) is 0 Å². The van der Waals surface area contributed by atoms with E-state index in [-0.39, 0.29) is 16.1 Å². The maximum atomic E-state index is 13.8. The molecule has 43 heavy (non-hydrogen) atoms. The molecule has 0 spiro atoms. The number of aliphatic hydroxyl groups is 1. The molecule has 5 rings (SSSR count). The van der Waals surface area contributed by atoms with Gasteiger partial charge in [-0.3, -0.25) is 9.71 Å². The predicted molar refractivity (Wildman–Crippen MR) is 164 cm³/mol. The van der Waals surface area contributed by atoms with Gasteiger partial charge in [0.05, 0.1) is 36.4 Å². The standard InChI is InChI=1S/C33H30N4O5S/c1-42-33(39)25-16-6-8-19-28(25)43(40,41)37-26-17-7-5-15-24(26)31(36-29-20-10-12-22-35-29)30(27-18-9-11-21-34-27)32(38)23-13-3-2-4-14-23/h2-22,30-32,37-38H,1H3,(H,35,36). The SMILES string of the molecule is COC(=O)c1ccccc1S(=O)(=O)Nc1ccccc1C(Nc1ccccn1)C(c1ccccn1)C(O)c1ccccc1. The fraction of sp³-hybridized carbons (Fsp3) is 0.121. The van der Waals surface area contributed by atoms with Crippen LogP contribution in [0.3, 0.4) is 0 Å². The third-order valence-corrected chi connectivity index (χ3v) is 8.38. The van der Waals surface area contributed by atoms with Crippen LogP contribution in [-0.4, -0.2) is 36.6 Å². The van der Waals surface area contributed by atoms with Gasteiger partial charge in [-0.1, -0.05) is 72.8 Å². The van der Waals surface area contributed by atoms with Crippen LogP contribution in [0.2, 0.25) is 0 Å². The first-order valence-electron chi connectivity index (χ1n) is 13.5. The Kier molecular flexibility index (Phi) is 9.09. The summed E-state index contributed by atoms with van der Waals surface area (Å²) in [4.78, 5) is 21.2. The van der Waals surface area contributed by atoms with E-state index in [1.165, 1.54) is 25.3 Å². The molecule has 2 heterocycles. The lowest BCUT2D eigenvalue weighted by Crippen LogP contribution is -2.27. The number of sulfonamides is 1. The molecule has 3 unspecified atom stereocenters. The summed E-state index contributed by atoms with van der Waals surface area (Å²) >= 11 is 0. The zero-order chi connectivity index (χ0) is 30.2. The number of anilines is 2. The second-order valence-corrected chi connectivity index (χ2v) is 11.3. The summed E-state index contributed by atoms with van der Waals surface area (Å²) < 4.78 is 35.0. The van der Waals surface area contributed by atoms with E-state index in [1.54, 1.807) is 60.9 Å². The normalized spacial score (nSPS) is 13.3. The topological polar surface area (TPSA) is 131 Å². The number of ether oxygens (including phenoxy) is 1. The molecule has 0 saturated carbocycles. The minimum Gasteiger partial charge on any atom is -0.465 e. The largest absolute Gasteiger partial charge is 0.465 e. The van der Waals surface area contributed by atoms with Crippen LogP contribution in [0.25, 0.3) is 0 Å². The summed E-state index contributed by atoms with van der Waals surface area (Å²) in [5.74, 6) is -0.953. The second kappa shape index (κ2) is 13.3. The van der Waals surface area contributed by atoms with Gasteiger partial charge in [0.2, 0.25) is 0 Å². The molecule has 9 nitrogen and oxygen atoms in total. The van der Waals surface area contributed by atoms with Crippen LogP contribution in [0.5, 0.6) is 0 Å². The Labute approximate surface area is 250 Å². The predicted octanol–water partition coefficient (Wildman–Crippen LogP) is 5.73. The first kappa shape index (κ1) is 29.4. The van der Waals surface area contributed by atoms with Crippen molar-refractivity contribution in [1.29, 1.82) is 0 Å². The molecule has 0 saturated heterocycles. The fourth-order valence-corrected chi connectivity index (χ4v) is 6.24. The molecule has 3 aromatic carbocycles. The monoisotopic (exact) mass is 594 g/mol. The zero-order valence-corrected chi connectivity index (χ0v) is 24.1. The third kappa shape index (κ3) is 6.72. The first-order valence-corrected chi connectivity index (χ1v) is 15.0. The number of hydrogen-bond donors (Lipinski definition) is 3. The third-order valence-electron chi connectivity index (χ3n) is 6.96. The van der Waals surface area contributed by atoms with Crippen molar-refractivity contribution in [2.45, 2.75) is 23.0 Å². The maximum absolute atomic E-state index is 13.8. The van der Waals surface area contributed by atoms with E-state index in [0.29, 0.717) is 22.6 Å². The molecule has 0 radical (unpaired) electrons. The van der Waals surface area contributed by atoms with Gasteiger partial charge in [-0.2, -0.15) is 0 Å². The molecule has 0 bridgehead atoms. The highest BCUT2D eigenvalue weighted by molar-refractivity contribution is 7.92. The molecule has 2 aromatic heterocycles. The number of esters is 1. The molecule has 0 aliphatic rings. The molecular formula is C33H30N4O5S. The molecule has 218 valence electrons. The molecule has 0 amide bonds. The highest BCUT2D eigenvalue weighted by atomic mass is 32.2. The molecular weight excluding hydrogens is 564 g/mol. The molecule has 5 aromatic rings. The highest BCUT2D eigenvalue weighted by Crippen LogP contribution is 2.44. The molecule has 10 heteroatoms. The molecule has 3 atom stereocenters. The van der Waals surface area contributed by atoms with Crippen LogP contribution >= 0.6 is 0 Å². The minimum atomic E-state index is -4.26. The summed E-state index contributed by atoms with van der Waals surface area (Å²) in [6, 6.07) is 32.1. The van der Waals surface area contributed by atoms with Crippen molar-refractivity contribution in [2.24, 2.45) is 0 Å². The number of carbonyl (C=O) groups excluding carboxylic acids is 1. The van der Waals surface area contributed by atoms with Gasteiger partial charge in [0.15, 0.2) is 0 Å². The number of pyridine rings is 2. The van der Waals surface area contributed by atoms with Gasteiger partial charge < -0.3 is 15.2 Å². The lowest BCUT2D eigenvalue weighted by molar-refractivity contribution is 0.0596. The van der Waals surface area contributed by atoms with Crippen molar-refractivity contribution in [2.75, 3.05) is 17.1 Å². The zero-order valence-electron chi connectivity index (χ0n) is 23.2. The summed E-state index contributed by atoms with van der Waals surface area (Å²) in [6.45, 7) is 0. The van der Waals surface area contributed by atoms with Crippen LogP contribution in [0.1, 0.15) is 45.2 Å². The highest BCUT2D eigenvalue weighted by Gasteiger charge is 2.35. The number of aromatic nitrogens is 2. The van der Waals surface area contributed by atoms with Crippen LogP contribution in [0.4, 0.5) is 11.5 Å². The van der Waals surface area contributed by atoms with Crippen molar-refractivity contribution >= 4 is 27.5 Å². The Morgan fingerprint density at radius 2 is 1.44 bits per heavy atom. The van der Waals surface area contributed by atoms with Crippen LogP contribution in [0.15, 0.2) is 133 Å². The van der Waals surface area contributed by atoms with E-state index in [1.807, 2.05) is 48.5 Å². The van der Waals surface area contributed by atoms with E-state index in [2.05, 4.69) is 20.0 Å². The van der Waals surface area contributed by atoms with E-state index < -0.39 is 34.1 Å². The minimum absolute atomic E-state index is 0.0935.